The highest BCUT2D eigenvalue weighted by atomic mass is 32.1. The van der Waals surface area contributed by atoms with Gasteiger partial charge in [-0.05, 0) is 43.7 Å². The van der Waals surface area contributed by atoms with E-state index in [9.17, 15) is 4.79 Å². The van der Waals surface area contributed by atoms with Gasteiger partial charge in [0.15, 0.2) is 0 Å². The van der Waals surface area contributed by atoms with Gasteiger partial charge in [0.25, 0.3) is 5.91 Å². The summed E-state index contributed by atoms with van der Waals surface area (Å²) in [5.74, 6) is 0.637. The van der Waals surface area contributed by atoms with Crippen LogP contribution in [0.1, 0.15) is 26.4 Å². The van der Waals surface area contributed by atoms with Gasteiger partial charge in [0.05, 0.1) is 13.7 Å². The number of nitrogens with zero attached hydrogens (tertiary/aromatic N) is 2. The Hall–Kier alpha value is -1.93. The highest BCUT2D eigenvalue weighted by Gasteiger charge is 2.21. The number of ether oxygens (including phenoxy) is 1. The van der Waals surface area contributed by atoms with Crippen LogP contribution in [-0.2, 0) is 6.54 Å². The average Bonchev–Trinajstić information content (AvgIpc) is 2.97. The van der Waals surface area contributed by atoms with E-state index < -0.39 is 0 Å². The van der Waals surface area contributed by atoms with Crippen LogP contribution in [0.4, 0.5) is 5.00 Å². The van der Waals surface area contributed by atoms with E-state index in [1.54, 1.807) is 42.7 Å². The van der Waals surface area contributed by atoms with E-state index in [0.29, 0.717) is 5.56 Å². The van der Waals surface area contributed by atoms with Crippen LogP contribution in [0.3, 0.4) is 0 Å². The Morgan fingerprint density at radius 1 is 1.14 bits per heavy atom. The highest BCUT2D eigenvalue weighted by Crippen LogP contribution is 2.34. The first kappa shape index (κ1) is 20.8. The highest BCUT2D eigenvalue weighted by molar-refractivity contribution is 7.16. The molecule has 3 rings (SSSR count). The number of aliphatic hydroxyl groups is 1. The number of aryl methyl sites for hydroxylation is 1. The molecule has 0 bridgehead atoms. The van der Waals surface area contributed by atoms with E-state index in [-0.39, 0.29) is 12.5 Å². The van der Waals surface area contributed by atoms with Crippen LogP contribution in [0.25, 0.3) is 0 Å². The molecule has 1 amide bonds. The fraction of sp³-hybridized carbons (Fsp3) is 0.476. The summed E-state index contributed by atoms with van der Waals surface area (Å²) in [6.07, 6.45) is 0. The van der Waals surface area contributed by atoms with Gasteiger partial charge in [-0.2, -0.15) is 0 Å². The smallest absolute Gasteiger partial charge is 0.256 e. The standard InChI is InChI=1S/C21H29N3O3S/c1-15-16(2)28-21(22-20(26)17-4-6-18(27-3)7-5-17)19(15)14-24-10-8-23(9-11-24)12-13-25/h4-7,25H,8-14H2,1-3H3,(H,22,26). The molecule has 152 valence electrons. The number of nitrogens with one attached hydrogen (secondary N) is 1. The summed E-state index contributed by atoms with van der Waals surface area (Å²) in [5.41, 5.74) is 3.08. The average molecular weight is 404 g/mol. The summed E-state index contributed by atoms with van der Waals surface area (Å²) in [5, 5.41) is 13.2. The topological polar surface area (TPSA) is 65.0 Å². The fourth-order valence-electron chi connectivity index (χ4n) is 3.42. The molecular weight excluding hydrogens is 374 g/mol. The van der Waals surface area contributed by atoms with Crippen molar-refractivity contribution in [2.24, 2.45) is 0 Å². The maximum Gasteiger partial charge on any atom is 0.256 e. The number of carbonyl (C=O) groups is 1. The lowest BCUT2D eigenvalue weighted by atomic mass is 10.1. The van der Waals surface area contributed by atoms with Crippen molar-refractivity contribution in [1.82, 2.24) is 9.80 Å². The van der Waals surface area contributed by atoms with Crippen molar-refractivity contribution in [2.45, 2.75) is 20.4 Å². The number of rotatable bonds is 7. The van der Waals surface area contributed by atoms with Crippen LogP contribution in [0.2, 0.25) is 0 Å². The first-order chi connectivity index (χ1) is 13.5. The number of aliphatic hydroxyl groups excluding tert-OH is 1. The normalized spacial score (nSPS) is 15.6. The van der Waals surface area contributed by atoms with Crippen LogP contribution >= 0.6 is 11.3 Å². The van der Waals surface area contributed by atoms with Crippen molar-refractivity contribution < 1.29 is 14.6 Å². The summed E-state index contributed by atoms with van der Waals surface area (Å²) in [4.78, 5) is 18.6. The van der Waals surface area contributed by atoms with E-state index in [1.165, 1.54) is 16.0 Å². The molecule has 1 saturated heterocycles. The fourth-order valence-corrected chi connectivity index (χ4v) is 4.49. The molecule has 0 spiro atoms. The molecule has 0 unspecified atom stereocenters. The van der Waals surface area contributed by atoms with E-state index >= 15 is 0 Å². The Labute approximate surface area is 170 Å². The predicted molar refractivity (Wildman–Crippen MR) is 114 cm³/mol. The molecule has 0 aliphatic carbocycles. The third-order valence-electron chi connectivity index (χ3n) is 5.35. The maximum absolute atomic E-state index is 12.7. The van der Waals surface area contributed by atoms with Crippen molar-refractivity contribution in [3.05, 3.63) is 45.8 Å². The van der Waals surface area contributed by atoms with Crippen LogP contribution in [0, 0.1) is 13.8 Å². The van der Waals surface area contributed by atoms with Gasteiger partial charge in [-0.25, -0.2) is 0 Å². The first-order valence-electron chi connectivity index (χ1n) is 9.61. The number of β-amino-alcohol motifs (C(OH)–C–C–N with tert-alkyl or cyclic N) is 1. The van der Waals surface area contributed by atoms with Gasteiger partial charge in [0.2, 0.25) is 0 Å². The molecule has 2 heterocycles. The van der Waals surface area contributed by atoms with Crippen molar-refractivity contribution in [3.8, 4) is 5.75 Å². The number of hydrogen-bond donors (Lipinski definition) is 2. The minimum atomic E-state index is -0.0991. The SMILES string of the molecule is COc1ccc(C(=O)Nc2sc(C)c(C)c2CN2CCN(CCO)CC2)cc1. The summed E-state index contributed by atoms with van der Waals surface area (Å²) in [7, 11) is 1.61. The number of hydrogen-bond acceptors (Lipinski definition) is 6. The zero-order valence-electron chi connectivity index (χ0n) is 16.8. The lowest BCUT2D eigenvalue weighted by Crippen LogP contribution is -2.46. The second-order valence-corrected chi connectivity index (χ2v) is 8.34. The molecular formula is C21H29N3O3S. The Morgan fingerprint density at radius 3 is 2.39 bits per heavy atom. The molecule has 1 aliphatic rings. The maximum atomic E-state index is 12.7. The van der Waals surface area contributed by atoms with Gasteiger partial charge in [-0.15, -0.1) is 11.3 Å². The van der Waals surface area contributed by atoms with Gasteiger partial charge < -0.3 is 15.2 Å². The zero-order chi connectivity index (χ0) is 20.1. The van der Waals surface area contributed by atoms with E-state index in [4.69, 9.17) is 9.84 Å². The molecule has 6 nitrogen and oxygen atoms in total. The Bertz CT molecular complexity index is 796. The molecule has 1 aromatic heterocycles. The van der Waals surface area contributed by atoms with E-state index in [0.717, 1.165) is 50.0 Å². The molecule has 2 aromatic rings. The van der Waals surface area contributed by atoms with Gasteiger partial charge in [0, 0.05) is 55.3 Å². The summed E-state index contributed by atoms with van der Waals surface area (Å²) in [6, 6.07) is 7.16. The minimum Gasteiger partial charge on any atom is -0.497 e. The number of methoxy groups -OCH3 is 1. The third-order valence-corrected chi connectivity index (χ3v) is 6.52. The van der Waals surface area contributed by atoms with Crippen molar-refractivity contribution in [3.63, 3.8) is 0 Å². The van der Waals surface area contributed by atoms with Crippen LogP contribution < -0.4 is 10.1 Å². The lowest BCUT2D eigenvalue weighted by molar-refractivity contribution is 0.102. The van der Waals surface area contributed by atoms with Gasteiger partial charge >= 0.3 is 0 Å². The number of benzene rings is 1. The Morgan fingerprint density at radius 2 is 1.79 bits per heavy atom. The first-order valence-corrected chi connectivity index (χ1v) is 10.4. The molecule has 2 N–H and O–H groups in total. The third kappa shape index (κ3) is 4.91. The number of piperazine rings is 1. The van der Waals surface area contributed by atoms with Gasteiger partial charge in [-0.3, -0.25) is 14.6 Å². The molecule has 1 aromatic carbocycles. The summed E-state index contributed by atoms with van der Waals surface area (Å²) >= 11 is 1.64. The second kappa shape index (κ2) is 9.52. The second-order valence-electron chi connectivity index (χ2n) is 7.11. The molecule has 0 atom stereocenters. The quantitative estimate of drug-likeness (QED) is 0.744. The number of carbonyl (C=O) groups excluding carboxylic acids is 1. The predicted octanol–water partition coefficient (Wildman–Crippen LogP) is 2.74. The van der Waals surface area contributed by atoms with E-state index in [2.05, 4.69) is 29.0 Å². The number of thiophene rings is 1. The van der Waals surface area contributed by atoms with Crippen molar-refractivity contribution >= 4 is 22.2 Å². The van der Waals surface area contributed by atoms with Crippen molar-refractivity contribution in [2.75, 3.05) is 51.8 Å². The molecule has 1 aliphatic heterocycles. The van der Waals surface area contributed by atoms with Crippen LogP contribution in [0.5, 0.6) is 5.75 Å². The largest absolute Gasteiger partial charge is 0.497 e. The van der Waals surface area contributed by atoms with Crippen LogP contribution in [-0.4, -0.2) is 67.3 Å². The van der Waals surface area contributed by atoms with Crippen molar-refractivity contribution in [1.29, 1.82) is 0 Å². The van der Waals surface area contributed by atoms with E-state index in [1.807, 2.05) is 0 Å². The molecule has 0 radical (unpaired) electrons. The monoisotopic (exact) mass is 403 g/mol. The molecule has 7 heteroatoms. The van der Waals surface area contributed by atoms with Gasteiger partial charge in [-0.1, -0.05) is 0 Å². The van der Waals surface area contributed by atoms with Gasteiger partial charge in [0.1, 0.15) is 10.8 Å². The zero-order valence-corrected chi connectivity index (χ0v) is 17.6. The lowest BCUT2D eigenvalue weighted by Gasteiger charge is -2.34. The number of anilines is 1. The molecule has 28 heavy (non-hydrogen) atoms. The number of amides is 1. The van der Waals surface area contributed by atoms with Crippen LogP contribution in [0.15, 0.2) is 24.3 Å². The minimum absolute atomic E-state index is 0.0991. The molecule has 1 fully saturated rings. The Kier molecular flexibility index (Phi) is 7.07. The Balaban J connectivity index is 1.68. The summed E-state index contributed by atoms with van der Waals surface area (Å²) < 4.78 is 5.16. The molecule has 0 saturated carbocycles. The summed E-state index contributed by atoms with van der Waals surface area (Å²) in [6.45, 7) is 9.91.